The average Bonchev–Trinajstić information content (AvgIpc) is 3.10. The molecule has 0 atom stereocenters. The van der Waals surface area contributed by atoms with Crippen LogP contribution in [0.2, 0.25) is 0 Å². The van der Waals surface area contributed by atoms with Gasteiger partial charge in [-0.25, -0.2) is 9.78 Å². The van der Waals surface area contributed by atoms with Crippen molar-refractivity contribution in [3.05, 3.63) is 47.3 Å². The SMILES string of the molecule is O=C(O)c1coc(Cc2nnc(-c3ccccn3)s2)n1. The van der Waals surface area contributed by atoms with E-state index in [1.807, 2.05) is 18.2 Å². The van der Waals surface area contributed by atoms with Gasteiger partial charge in [-0.3, -0.25) is 4.98 Å². The fraction of sp³-hybridized carbons (Fsp3) is 0.0833. The van der Waals surface area contributed by atoms with Crippen LogP contribution in [0.5, 0.6) is 0 Å². The van der Waals surface area contributed by atoms with Crippen LogP contribution in [0.25, 0.3) is 10.7 Å². The number of carbonyl (C=O) groups is 1. The van der Waals surface area contributed by atoms with Gasteiger partial charge in [0.25, 0.3) is 0 Å². The van der Waals surface area contributed by atoms with E-state index in [0.29, 0.717) is 22.3 Å². The molecule has 0 bridgehead atoms. The van der Waals surface area contributed by atoms with E-state index in [-0.39, 0.29) is 5.69 Å². The second kappa shape index (κ2) is 5.17. The number of aromatic nitrogens is 4. The minimum atomic E-state index is -1.12. The van der Waals surface area contributed by atoms with Crippen LogP contribution in [0.15, 0.2) is 35.1 Å². The normalized spacial score (nSPS) is 10.6. The number of hydrogen-bond donors (Lipinski definition) is 1. The first kappa shape index (κ1) is 12.4. The molecule has 1 N–H and O–H groups in total. The number of oxazole rings is 1. The molecule has 0 saturated heterocycles. The molecule has 0 fully saturated rings. The van der Waals surface area contributed by atoms with Crippen molar-refractivity contribution in [2.75, 3.05) is 0 Å². The third-order valence-electron chi connectivity index (χ3n) is 2.42. The van der Waals surface area contributed by atoms with Gasteiger partial charge in [-0.2, -0.15) is 0 Å². The lowest BCUT2D eigenvalue weighted by molar-refractivity contribution is 0.0690. The van der Waals surface area contributed by atoms with Crippen molar-refractivity contribution in [3.8, 4) is 10.7 Å². The summed E-state index contributed by atoms with van der Waals surface area (Å²) in [5, 5.41) is 18.2. The van der Waals surface area contributed by atoms with Crippen LogP contribution in [0.1, 0.15) is 21.4 Å². The highest BCUT2D eigenvalue weighted by Gasteiger charge is 2.14. The molecular formula is C12H8N4O3S. The second-order valence-corrected chi connectivity index (χ2v) is 4.89. The van der Waals surface area contributed by atoms with Gasteiger partial charge in [-0.05, 0) is 12.1 Å². The van der Waals surface area contributed by atoms with Gasteiger partial charge in [0.1, 0.15) is 17.0 Å². The summed E-state index contributed by atoms with van der Waals surface area (Å²) in [4.78, 5) is 18.7. The van der Waals surface area contributed by atoms with Crippen molar-refractivity contribution < 1.29 is 14.3 Å². The molecule has 0 spiro atoms. The highest BCUT2D eigenvalue weighted by atomic mass is 32.1. The van der Waals surface area contributed by atoms with E-state index < -0.39 is 5.97 Å². The number of pyridine rings is 1. The second-order valence-electron chi connectivity index (χ2n) is 3.82. The van der Waals surface area contributed by atoms with E-state index in [4.69, 9.17) is 9.52 Å². The number of rotatable bonds is 4. The Labute approximate surface area is 117 Å². The van der Waals surface area contributed by atoms with E-state index in [1.54, 1.807) is 6.20 Å². The number of hydrogen-bond acceptors (Lipinski definition) is 7. The van der Waals surface area contributed by atoms with Crippen LogP contribution < -0.4 is 0 Å². The largest absolute Gasteiger partial charge is 0.476 e. The quantitative estimate of drug-likeness (QED) is 0.781. The number of carboxylic acid groups (broad SMARTS) is 1. The lowest BCUT2D eigenvalue weighted by Crippen LogP contribution is -1.97. The van der Waals surface area contributed by atoms with Crippen LogP contribution >= 0.6 is 11.3 Å². The molecule has 8 heteroatoms. The Hall–Kier alpha value is -2.61. The minimum absolute atomic E-state index is 0.116. The van der Waals surface area contributed by atoms with Crippen molar-refractivity contribution >= 4 is 17.3 Å². The predicted molar refractivity (Wildman–Crippen MR) is 69.4 cm³/mol. The molecule has 0 aliphatic rings. The summed E-state index contributed by atoms with van der Waals surface area (Å²) in [5.74, 6) is -0.822. The number of nitrogens with zero attached hydrogens (tertiary/aromatic N) is 4. The van der Waals surface area contributed by atoms with Gasteiger partial charge in [0.15, 0.2) is 10.7 Å². The topological polar surface area (TPSA) is 102 Å². The summed E-state index contributed by atoms with van der Waals surface area (Å²) in [6, 6.07) is 5.54. The van der Waals surface area contributed by atoms with Crippen molar-refractivity contribution in [1.29, 1.82) is 0 Å². The maximum Gasteiger partial charge on any atom is 0.357 e. The molecule has 3 rings (SSSR count). The monoisotopic (exact) mass is 288 g/mol. The molecule has 0 aliphatic heterocycles. The van der Waals surface area contributed by atoms with Gasteiger partial charge >= 0.3 is 5.97 Å². The van der Waals surface area contributed by atoms with Gasteiger partial charge < -0.3 is 9.52 Å². The average molecular weight is 288 g/mol. The number of aromatic carboxylic acids is 1. The Bertz CT molecular complexity index is 738. The van der Waals surface area contributed by atoms with Crippen molar-refractivity contribution in [2.24, 2.45) is 0 Å². The fourth-order valence-electron chi connectivity index (χ4n) is 1.54. The van der Waals surface area contributed by atoms with Gasteiger partial charge in [-0.15, -0.1) is 10.2 Å². The van der Waals surface area contributed by atoms with Crippen LogP contribution in [0, 0.1) is 0 Å². The molecule has 3 heterocycles. The Balaban J connectivity index is 1.78. The van der Waals surface area contributed by atoms with Crippen molar-refractivity contribution in [2.45, 2.75) is 6.42 Å². The third kappa shape index (κ3) is 2.54. The molecule has 3 aromatic heterocycles. The first-order valence-electron chi connectivity index (χ1n) is 5.64. The molecule has 100 valence electrons. The summed E-state index contributed by atoms with van der Waals surface area (Å²) in [6.07, 6.45) is 3.10. The lowest BCUT2D eigenvalue weighted by Gasteiger charge is -1.90. The van der Waals surface area contributed by atoms with Gasteiger partial charge in [0.05, 0.1) is 6.42 Å². The van der Waals surface area contributed by atoms with E-state index in [0.717, 1.165) is 12.0 Å². The van der Waals surface area contributed by atoms with Crippen LogP contribution in [-0.4, -0.2) is 31.2 Å². The van der Waals surface area contributed by atoms with Gasteiger partial charge in [-0.1, -0.05) is 17.4 Å². The molecule has 0 saturated carbocycles. The lowest BCUT2D eigenvalue weighted by atomic mass is 10.4. The Morgan fingerprint density at radius 1 is 1.35 bits per heavy atom. The summed E-state index contributed by atoms with van der Waals surface area (Å²) >= 11 is 1.37. The first-order chi connectivity index (χ1) is 9.72. The molecular weight excluding hydrogens is 280 g/mol. The maximum atomic E-state index is 10.7. The standard InChI is InChI=1S/C12H8N4O3S/c17-12(18)8-6-19-9(14-8)5-10-15-16-11(20-10)7-3-1-2-4-13-7/h1-4,6H,5H2,(H,17,18). The molecule has 20 heavy (non-hydrogen) atoms. The van der Waals surface area contributed by atoms with E-state index in [2.05, 4.69) is 20.2 Å². The zero-order valence-electron chi connectivity index (χ0n) is 10.1. The third-order valence-corrected chi connectivity index (χ3v) is 3.37. The molecule has 0 amide bonds. The Morgan fingerprint density at radius 2 is 2.25 bits per heavy atom. The van der Waals surface area contributed by atoms with Crippen LogP contribution in [-0.2, 0) is 6.42 Å². The molecule has 0 aromatic carbocycles. The van der Waals surface area contributed by atoms with Crippen LogP contribution in [0.4, 0.5) is 0 Å². The zero-order valence-corrected chi connectivity index (χ0v) is 10.9. The van der Waals surface area contributed by atoms with Gasteiger partial charge in [0.2, 0.25) is 5.89 Å². The van der Waals surface area contributed by atoms with E-state index >= 15 is 0 Å². The van der Waals surface area contributed by atoms with E-state index in [9.17, 15) is 4.79 Å². The first-order valence-corrected chi connectivity index (χ1v) is 6.45. The highest BCUT2D eigenvalue weighted by Crippen LogP contribution is 2.22. The van der Waals surface area contributed by atoms with E-state index in [1.165, 1.54) is 11.3 Å². The summed E-state index contributed by atoms with van der Waals surface area (Å²) in [6.45, 7) is 0. The molecule has 0 unspecified atom stereocenters. The smallest absolute Gasteiger partial charge is 0.357 e. The Morgan fingerprint density at radius 3 is 2.95 bits per heavy atom. The highest BCUT2D eigenvalue weighted by molar-refractivity contribution is 7.14. The summed E-state index contributed by atoms with van der Waals surface area (Å²) in [7, 11) is 0. The maximum absolute atomic E-state index is 10.7. The molecule has 3 aromatic rings. The van der Waals surface area contributed by atoms with Crippen LogP contribution in [0.3, 0.4) is 0 Å². The summed E-state index contributed by atoms with van der Waals surface area (Å²) in [5.41, 5.74) is 0.629. The molecule has 0 aliphatic carbocycles. The number of carboxylic acids is 1. The Kier molecular flexibility index (Phi) is 3.21. The van der Waals surface area contributed by atoms with Gasteiger partial charge in [0, 0.05) is 6.20 Å². The molecule has 0 radical (unpaired) electrons. The van der Waals surface area contributed by atoms with Crippen molar-refractivity contribution in [1.82, 2.24) is 20.2 Å². The summed E-state index contributed by atoms with van der Waals surface area (Å²) < 4.78 is 5.08. The predicted octanol–water partition coefficient (Wildman–Crippen LogP) is 1.88. The molecule has 7 nitrogen and oxygen atoms in total. The zero-order chi connectivity index (χ0) is 13.9. The van der Waals surface area contributed by atoms with Crippen molar-refractivity contribution in [3.63, 3.8) is 0 Å². The minimum Gasteiger partial charge on any atom is -0.476 e. The fourth-order valence-corrected chi connectivity index (χ4v) is 2.34.